The van der Waals surface area contributed by atoms with E-state index in [1.54, 1.807) is 7.11 Å². The second kappa shape index (κ2) is 4.55. The highest BCUT2D eigenvalue weighted by Gasteiger charge is 2.19. The van der Waals surface area contributed by atoms with Crippen molar-refractivity contribution in [2.45, 2.75) is 26.1 Å². The molecule has 0 saturated heterocycles. The van der Waals surface area contributed by atoms with Gasteiger partial charge in [0, 0.05) is 7.11 Å². The first-order valence-corrected chi connectivity index (χ1v) is 4.56. The molecular weight excluding hydrogens is 178 g/mol. The monoisotopic (exact) mass is 195 g/mol. The molecule has 3 nitrogen and oxygen atoms in total. The number of nitrogens with two attached hydrogens (primary N) is 1. The fourth-order valence-electron chi connectivity index (χ4n) is 1.25. The van der Waals surface area contributed by atoms with Crippen LogP contribution in [0.4, 0.5) is 0 Å². The van der Waals surface area contributed by atoms with Crippen LogP contribution in [0.3, 0.4) is 0 Å². The maximum absolute atomic E-state index is 5.38. The van der Waals surface area contributed by atoms with Crippen LogP contribution in [0.1, 0.15) is 25.0 Å². The van der Waals surface area contributed by atoms with E-state index in [4.69, 9.17) is 10.6 Å². The molecule has 1 rings (SSSR count). The summed E-state index contributed by atoms with van der Waals surface area (Å²) in [6.07, 6.45) is 0. The van der Waals surface area contributed by atoms with Gasteiger partial charge in [0.05, 0.1) is 12.2 Å². The Kier molecular flexibility index (Phi) is 3.63. The summed E-state index contributed by atoms with van der Waals surface area (Å²) in [6, 6.07) is 8.02. The van der Waals surface area contributed by atoms with E-state index >= 15 is 0 Å². The molecule has 14 heavy (non-hydrogen) atoms. The zero-order chi connectivity index (χ0) is 10.6. The molecule has 0 aromatic heterocycles. The lowest BCUT2D eigenvalue weighted by Crippen LogP contribution is -2.19. The van der Waals surface area contributed by atoms with Crippen LogP contribution in [0.15, 0.2) is 24.3 Å². The molecular formula is C11H17NO2. The van der Waals surface area contributed by atoms with Crippen molar-refractivity contribution < 1.29 is 9.57 Å². The minimum Gasteiger partial charge on any atom is -0.374 e. The highest BCUT2D eigenvalue weighted by atomic mass is 16.6. The highest BCUT2D eigenvalue weighted by Crippen LogP contribution is 2.24. The van der Waals surface area contributed by atoms with Gasteiger partial charge < -0.3 is 4.74 Å². The van der Waals surface area contributed by atoms with E-state index in [1.165, 1.54) is 0 Å². The average Bonchev–Trinajstić information content (AvgIpc) is 2.19. The van der Waals surface area contributed by atoms with Gasteiger partial charge in [-0.3, -0.25) is 4.84 Å². The molecule has 0 saturated carbocycles. The second-order valence-electron chi connectivity index (χ2n) is 3.73. The molecule has 1 aromatic rings. The molecule has 0 heterocycles. The van der Waals surface area contributed by atoms with Crippen molar-refractivity contribution in [3.8, 4) is 0 Å². The summed E-state index contributed by atoms with van der Waals surface area (Å²) in [4.78, 5) is 4.59. The van der Waals surface area contributed by atoms with E-state index in [0.29, 0.717) is 6.61 Å². The van der Waals surface area contributed by atoms with Gasteiger partial charge in [-0.1, -0.05) is 24.3 Å². The smallest absolute Gasteiger partial charge is 0.0930 e. The fourth-order valence-corrected chi connectivity index (χ4v) is 1.25. The quantitative estimate of drug-likeness (QED) is 0.747. The molecule has 0 spiro atoms. The minimum absolute atomic E-state index is 0.273. The van der Waals surface area contributed by atoms with Crippen LogP contribution in [-0.2, 0) is 21.8 Å². The average molecular weight is 195 g/mol. The summed E-state index contributed by atoms with van der Waals surface area (Å²) in [5.41, 5.74) is 1.90. The van der Waals surface area contributed by atoms with Gasteiger partial charge >= 0.3 is 0 Å². The Morgan fingerprint density at radius 2 is 2.07 bits per heavy atom. The van der Waals surface area contributed by atoms with Gasteiger partial charge in [0.15, 0.2) is 0 Å². The van der Waals surface area contributed by atoms with Crippen molar-refractivity contribution in [3.05, 3.63) is 35.4 Å². The van der Waals surface area contributed by atoms with Crippen LogP contribution < -0.4 is 5.90 Å². The molecule has 0 aliphatic rings. The SMILES string of the molecule is COC(C)(C)c1cccc(CON)c1. The van der Waals surface area contributed by atoms with Gasteiger partial charge in [-0.15, -0.1) is 0 Å². The number of rotatable bonds is 4. The molecule has 0 fully saturated rings. The van der Waals surface area contributed by atoms with E-state index in [0.717, 1.165) is 11.1 Å². The predicted molar refractivity (Wildman–Crippen MR) is 55.5 cm³/mol. The lowest BCUT2D eigenvalue weighted by atomic mass is 9.96. The van der Waals surface area contributed by atoms with E-state index < -0.39 is 0 Å². The third-order valence-corrected chi connectivity index (χ3v) is 2.38. The molecule has 0 radical (unpaired) electrons. The van der Waals surface area contributed by atoms with Gasteiger partial charge in [0.1, 0.15) is 0 Å². The largest absolute Gasteiger partial charge is 0.374 e. The Balaban J connectivity index is 2.93. The summed E-state index contributed by atoms with van der Waals surface area (Å²) in [5.74, 6) is 5.02. The van der Waals surface area contributed by atoms with Crippen molar-refractivity contribution in [2.24, 2.45) is 5.90 Å². The lowest BCUT2D eigenvalue weighted by molar-refractivity contribution is 0.0190. The summed E-state index contributed by atoms with van der Waals surface area (Å²) in [6.45, 7) is 4.47. The Morgan fingerprint density at radius 3 is 2.64 bits per heavy atom. The lowest BCUT2D eigenvalue weighted by Gasteiger charge is -2.23. The molecule has 0 amide bonds. The first-order valence-electron chi connectivity index (χ1n) is 4.56. The van der Waals surface area contributed by atoms with Gasteiger partial charge in [0.2, 0.25) is 0 Å². The zero-order valence-corrected chi connectivity index (χ0v) is 8.91. The van der Waals surface area contributed by atoms with Crippen LogP contribution >= 0.6 is 0 Å². The summed E-state index contributed by atoms with van der Waals surface area (Å²) in [7, 11) is 1.70. The van der Waals surface area contributed by atoms with Crippen molar-refractivity contribution in [1.29, 1.82) is 0 Å². The number of methoxy groups -OCH3 is 1. The number of benzene rings is 1. The molecule has 3 heteroatoms. The predicted octanol–water partition coefficient (Wildman–Crippen LogP) is 1.96. The number of hydrogen-bond donors (Lipinski definition) is 1. The molecule has 2 N–H and O–H groups in total. The maximum atomic E-state index is 5.38. The molecule has 0 aliphatic carbocycles. The number of hydrogen-bond acceptors (Lipinski definition) is 3. The van der Waals surface area contributed by atoms with E-state index in [2.05, 4.69) is 4.84 Å². The highest BCUT2D eigenvalue weighted by molar-refractivity contribution is 5.27. The van der Waals surface area contributed by atoms with Gasteiger partial charge in [-0.2, -0.15) is 0 Å². The first kappa shape index (κ1) is 11.2. The van der Waals surface area contributed by atoms with Crippen LogP contribution in [0.2, 0.25) is 0 Å². The molecule has 0 atom stereocenters. The van der Waals surface area contributed by atoms with Gasteiger partial charge in [0.25, 0.3) is 0 Å². The van der Waals surface area contributed by atoms with Crippen molar-refractivity contribution in [1.82, 2.24) is 0 Å². The van der Waals surface area contributed by atoms with Gasteiger partial charge in [-0.05, 0) is 25.0 Å². The first-order chi connectivity index (χ1) is 6.60. The normalized spacial score (nSPS) is 11.7. The Hall–Kier alpha value is -0.900. The maximum Gasteiger partial charge on any atom is 0.0930 e. The zero-order valence-electron chi connectivity index (χ0n) is 8.91. The number of ether oxygens (including phenoxy) is 1. The fraction of sp³-hybridized carbons (Fsp3) is 0.455. The third-order valence-electron chi connectivity index (χ3n) is 2.38. The Bertz CT molecular complexity index is 297. The molecule has 78 valence electrons. The second-order valence-corrected chi connectivity index (χ2v) is 3.73. The van der Waals surface area contributed by atoms with E-state index in [9.17, 15) is 0 Å². The molecule has 0 unspecified atom stereocenters. The van der Waals surface area contributed by atoms with Crippen LogP contribution in [-0.4, -0.2) is 7.11 Å². The topological polar surface area (TPSA) is 44.5 Å². The molecule has 0 bridgehead atoms. The van der Waals surface area contributed by atoms with Crippen molar-refractivity contribution >= 4 is 0 Å². The van der Waals surface area contributed by atoms with Crippen molar-refractivity contribution in [3.63, 3.8) is 0 Å². The Labute approximate surface area is 84.8 Å². The standard InChI is InChI=1S/C11H17NO2/c1-11(2,13-3)10-6-4-5-9(7-10)8-14-12/h4-7H,8,12H2,1-3H3. The van der Waals surface area contributed by atoms with E-state index in [1.807, 2.05) is 38.1 Å². The summed E-state index contributed by atoms with van der Waals surface area (Å²) in [5, 5.41) is 0. The third kappa shape index (κ3) is 2.54. The van der Waals surface area contributed by atoms with E-state index in [-0.39, 0.29) is 5.60 Å². The Morgan fingerprint density at radius 1 is 1.36 bits per heavy atom. The van der Waals surface area contributed by atoms with Crippen LogP contribution in [0, 0.1) is 0 Å². The molecule has 1 aromatic carbocycles. The van der Waals surface area contributed by atoms with Crippen molar-refractivity contribution in [2.75, 3.05) is 7.11 Å². The van der Waals surface area contributed by atoms with Crippen LogP contribution in [0.25, 0.3) is 0 Å². The minimum atomic E-state index is -0.273. The summed E-state index contributed by atoms with van der Waals surface area (Å²) < 4.78 is 5.38. The van der Waals surface area contributed by atoms with Gasteiger partial charge in [-0.25, -0.2) is 5.90 Å². The van der Waals surface area contributed by atoms with Crippen LogP contribution in [0.5, 0.6) is 0 Å². The molecule has 0 aliphatic heterocycles. The summed E-state index contributed by atoms with van der Waals surface area (Å²) >= 11 is 0.